The minimum Gasteiger partial charge on any atom is -0.459 e. The monoisotopic (exact) mass is 250 g/mol. The van der Waals surface area contributed by atoms with Gasteiger partial charge in [0.25, 0.3) is 0 Å². The lowest BCUT2D eigenvalue weighted by Gasteiger charge is -2.21. The molecular formula is C12H14N2O2S. The van der Waals surface area contributed by atoms with Crippen LogP contribution >= 0.6 is 11.3 Å². The fraction of sp³-hybridized carbons (Fsp3) is 0.417. The smallest absolute Gasteiger partial charge is 0.162 e. The maximum absolute atomic E-state index is 5.57. The highest BCUT2D eigenvalue weighted by Crippen LogP contribution is 2.28. The third-order valence-electron chi connectivity index (χ3n) is 2.75. The summed E-state index contributed by atoms with van der Waals surface area (Å²) in [4.78, 5) is 4.60. The van der Waals surface area contributed by atoms with Crippen LogP contribution in [-0.4, -0.2) is 24.7 Å². The fourth-order valence-corrected chi connectivity index (χ4v) is 2.70. The van der Waals surface area contributed by atoms with Gasteiger partial charge in [-0.1, -0.05) is 0 Å². The summed E-state index contributed by atoms with van der Waals surface area (Å²) < 4.78 is 11.0. The third-order valence-corrected chi connectivity index (χ3v) is 3.63. The number of nitrogens with one attached hydrogen (secondary N) is 1. The van der Waals surface area contributed by atoms with Crippen LogP contribution in [0.5, 0.6) is 0 Å². The number of nitrogens with zero attached hydrogens (tertiary/aromatic N) is 1. The van der Waals surface area contributed by atoms with E-state index in [1.165, 1.54) is 0 Å². The lowest BCUT2D eigenvalue weighted by Crippen LogP contribution is -2.34. The summed E-state index contributed by atoms with van der Waals surface area (Å²) in [7, 11) is 0. The first kappa shape index (κ1) is 11.0. The zero-order valence-corrected chi connectivity index (χ0v) is 10.4. The molecule has 90 valence electrons. The molecule has 1 N–H and O–H groups in total. The standard InChI is InChI=1S/C12H14N2O2S/c1-8-2-3-11(16-8)12-14-10(7-17-12)9-6-15-5-4-13-9/h2-3,7,9,13H,4-6H2,1H3. The summed E-state index contributed by atoms with van der Waals surface area (Å²) in [5.74, 6) is 1.76. The van der Waals surface area contributed by atoms with Gasteiger partial charge < -0.3 is 14.5 Å². The Morgan fingerprint density at radius 2 is 2.41 bits per heavy atom. The van der Waals surface area contributed by atoms with E-state index in [0.29, 0.717) is 6.61 Å². The van der Waals surface area contributed by atoms with Crippen molar-refractivity contribution in [2.45, 2.75) is 13.0 Å². The molecule has 1 atom stereocenters. The van der Waals surface area contributed by atoms with Gasteiger partial charge >= 0.3 is 0 Å². The predicted molar refractivity (Wildman–Crippen MR) is 66.1 cm³/mol. The number of furan rings is 1. The predicted octanol–water partition coefficient (Wildman–Crippen LogP) is 2.37. The molecule has 5 heteroatoms. The van der Waals surface area contributed by atoms with Crippen molar-refractivity contribution in [3.8, 4) is 10.8 Å². The lowest BCUT2D eigenvalue weighted by molar-refractivity contribution is 0.0758. The van der Waals surface area contributed by atoms with Gasteiger partial charge in [-0.05, 0) is 19.1 Å². The number of rotatable bonds is 2. The van der Waals surface area contributed by atoms with E-state index in [0.717, 1.165) is 35.4 Å². The van der Waals surface area contributed by atoms with Gasteiger partial charge in [-0.3, -0.25) is 0 Å². The Morgan fingerprint density at radius 3 is 3.12 bits per heavy atom. The van der Waals surface area contributed by atoms with Crippen LogP contribution in [0.3, 0.4) is 0 Å². The van der Waals surface area contributed by atoms with Crippen molar-refractivity contribution in [1.82, 2.24) is 10.3 Å². The molecule has 1 fully saturated rings. The molecule has 1 saturated heterocycles. The number of hydrogen-bond donors (Lipinski definition) is 1. The molecule has 0 amide bonds. The summed E-state index contributed by atoms with van der Waals surface area (Å²) in [6.07, 6.45) is 0. The van der Waals surface area contributed by atoms with Crippen molar-refractivity contribution in [2.75, 3.05) is 19.8 Å². The largest absolute Gasteiger partial charge is 0.459 e. The Kier molecular flexibility index (Phi) is 2.96. The van der Waals surface area contributed by atoms with Crippen LogP contribution in [0.1, 0.15) is 17.5 Å². The number of aryl methyl sites for hydroxylation is 1. The van der Waals surface area contributed by atoms with E-state index in [2.05, 4.69) is 15.7 Å². The summed E-state index contributed by atoms with van der Waals surface area (Å²) in [6.45, 7) is 4.30. The Balaban J connectivity index is 1.82. The number of aromatic nitrogens is 1. The van der Waals surface area contributed by atoms with Crippen LogP contribution < -0.4 is 5.32 Å². The van der Waals surface area contributed by atoms with Crippen molar-refractivity contribution < 1.29 is 9.15 Å². The maximum atomic E-state index is 5.57. The van der Waals surface area contributed by atoms with Gasteiger partial charge in [0.2, 0.25) is 0 Å². The molecule has 0 aliphatic carbocycles. The first-order valence-electron chi connectivity index (χ1n) is 5.66. The second kappa shape index (κ2) is 4.60. The topological polar surface area (TPSA) is 47.3 Å². The zero-order chi connectivity index (χ0) is 11.7. The summed E-state index contributed by atoms with van der Waals surface area (Å²) in [6, 6.07) is 4.13. The van der Waals surface area contributed by atoms with Gasteiger partial charge in [-0.2, -0.15) is 0 Å². The lowest BCUT2D eigenvalue weighted by atomic mass is 10.2. The van der Waals surface area contributed by atoms with Crippen molar-refractivity contribution in [1.29, 1.82) is 0 Å². The Hall–Kier alpha value is -1.17. The van der Waals surface area contributed by atoms with Gasteiger partial charge in [0, 0.05) is 11.9 Å². The Morgan fingerprint density at radius 1 is 1.47 bits per heavy atom. The van der Waals surface area contributed by atoms with Crippen LogP contribution in [0.15, 0.2) is 21.9 Å². The molecule has 0 bridgehead atoms. The molecule has 0 spiro atoms. The first-order valence-corrected chi connectivity index (χ1v) is 6.54. The molecule has 3 rings (SSSR count). The third kappa shape index (κ3) is 2.26. The minimum absolute atomic E-state index is 0.213. The van der Waals surface area contributed by atoms with Crippen LogP contribution in [-0.2, 0) is 4.74 Å². The first-order chi connectivity index (χ1) is 8.33. The molecule has 2 aromatic rings. The molecule has 17 heavy (non-hydrogen) atoms. The second-order valence-corrected chi connectivity index (χ2v) is 4.93. The molecular weight excluding hydrogens is 236 g/mol. The van der Waals surface area contributed by atoms with Crippen LogP contribution in [0, 0.1) is 6.92 Å². The van der Waals surface area contributed by atoms with E-state index in [1.807, 2.05) is 19.1 Å². The molecule has 1 aliphatic heterocycles. The van der Waals surface area contributed by atoms with Gasteiger partial charge in [-0.25, -0.2) is 4.98 Å². The van der Waals surface area contributed by atoms with E-state index in [9.17, 15) is 0 Å². The van der Waals surface area contributed by atoms with Gasteiger partial charge in [0.15, 0.2) is 10.8 Å². The summed E-state index contributed by atoms with van der Waals surface area (Å²) >= 11 is 1.61. The average Bonchev–Trinajstić information content (AvgIpc) is 2.98. The Labute approximate surface area is 104 Å². The second-order valence-electron chi connectivity index (χ2n) is 4.07. The van der Waals surface area contributed by atoms with E-state index in [4.69, 9.17) is 9.15 Å². The quantitative estimate of drug-likeness (QED) is 0.889. The number of ether oxygens (including phenoxy) is 1. The van der Waals surface area contributed by atoms with Crippen molar-refractivity contribution in [2.24, 2.45) is 0 Å². The highest BCUT2D eigenvalue weighted by atomic mass is 32.1. The Bertz CT molecular complexity index is 500. The van der Waals surface area contributed by atoms with E-state index >= 15 is 0 Å². The van der Waals surface area contributed by atoms with E-state index < -0.39 is 0 Å². The molecule has 1 unspecified atom stereocenters. The van der Waals surface area contributed by atoms with Crippen molar-refractivity contribution >= 4 is 11.3 Å². The highest BCUT2D eigenvalue weighted by molar-refractivity contribution is 7.13. The maximum Gasteiger partial charge on any atom is 0.162 e. The molecule has 3 heterocycles. The molecule has 2 aromatic heterocycles. The molecule has 0 saturated carbocycles. The van der Waals surface area contributed by atoms with E-state index in [1.54, 1.807) is 11.3 Å². The number of hydrogen-bond acceptors (Lipinski definition) is 5. The molecule has 0 radical (unpaired) electrons. The van der Waals surface area contributed by atoms with Crippen molar-refractivity contribution in [3.05, 3.63) is 29.0 Å². The van der Waals surface area contributed by atoms with Gasteiger partial charge in [0.05, 0.1) is 24.9 Å². The average molecular weight is 250 g/mol. The van der Waals surface area contributed by atoms with Crippen molar-refractivity contribution in [3.63, 3.8) is 0 Å². The molecule has 0 aromatic carbocycles. The molecule has 1 aliphatic rings. The minimum atomic E-state index is 0.213. The molecule has 4 nitrogen and oxygen atoms in total. The summed E-state index contributed by atoms with van der Waals surface area (Å²) in [5, 5.41) is 6.39. The summed E-state index contributed by atoms with van der Waals surface area (Å²) in [5.41, 5.74) is 1.04. The van der Waals surface area contributed by atoms with Gasteiger partial charge in [-0.15, -0.1) is 11.3 Å². The fourth-order valence-electron chi connectivity index (χ4n) is 1.86. The van der Waals surface area contributed by atoms with Crippen LogP contribution in [0.25, 0.3) is 10.8 Å². The number of thiazole rings is 1. The zero-order valence-electron chi connectivity index (χ0n) is 9.60. The highest BCUT2D eigenvalue weighted by Gasteiger charge is 2.19. The van der Waals surface area contributed by atoms with Gasteiger partial charge in [0.1, 0.15) is 5.76 Å². The van der Waals surface area contributed by atoms with E-state index in [-0.39, 0.29) is 6.04 Å². The SMILES string of the molecule is Cc1ccc(-c2nc(C3COCCN3)cs2)o1. The number of morpholine rings is 1. The normalized spacial score (nSPS) is 20.6. The van der Waals surface area contributed by atoms with Crippen LogP contribution in [0.4, 0.5) is 0 Å². The van der Waals surface area contributed by atoms with Crippen LogP contribution in [0.2, 0.25) is 0 Å².